The van der Waals surface area contributed by atoms with Gasteiger partial charge in [0.05, 0.1) is 24.3 Å². The molecule has 2 fully saturated rings. The van der Waals surface area contributed by atoms with Gasteiger partial charge in [-0.25, -0.2) is 4.98 Å². The molecule has 5 heteroatoms. The fourth-order valence-electron chi connectivity index (χ4n) is 3.45. The molecule has 1 saturated heterocycles. The van der Waals surface area contributed by atoms with Crippen molar-refractivity contribution in [1.29, 1.82) is 5.41 Å². The number of aromatic nitrogens is 1. The Bertz CT molecular complexity index is 515. The third-order valence-corrected chi connectivity index (χ3v) is 4.41. The number of rotatable bonds is 2. The highest BCUT2D eigenvalue weighted by Gasteiger charge is 2.36. The molecule has 0 amide bonds. The first-order valence-corrected chi connectivity index (χ1v) is 7.36. The van der Waals surface area contributed by atoms with Crippen LogP contribution in [0, 0.1) is 12.3 Å². The van der Waals surface area contributed by atoms with Crippen LogP contribution in [0.5, 0.6) is 0 Å². The smallest absolute Gasteiger partial charge is 0.140 e. The maximum Gasteiger partial charge on any atom is 0.140 e. The second kappa shape index (κ2) is 5.40. The van der Waals surface area contributed by atoms with E-state index in [1.165, 1.54) is 12.8 Å². The molecule has 2 unspecified atom stereocenters. The van der Waals surface area contributed by atoms with E-state index < -0.39 is 0 Å². The predicted octanol–water partition coefficient (Wildman–Crippen LogP) is 1.82. The zero-order valence-electron chi connectivity index (χ0n) is 11.9. The van der Waals surface area contributed by atoms with Crippen molar-refractivity contribution in [3.63, 3.8) is 0 Å². The summed E-state index contributed by atoms with van der Waals surface area (Å²) in [6, 6.07) is 2.30. The SMILES string of the molecule is Cc1ccnc(N2CCOC3CCCCC32)c1C(=N)N. The van der Waals surface area contributed by atoms with Crippen LogP contribution in [0.25, 0.3) is 0 Å². The number of amidine groups is 1. The molecule has 0 bridgehead atoms. The van der Waals surface area contributed by atoms with Crippen LogP contribution in [-0.4, -0.2) is 36.1 Å². The molecule has 2 atom stereocenters. The molecule has 1 aromatic heterocycles. The van der Waals surface area contributed by atoms with Crippen LogP contribution in [-0.2, 0) is 4.74 Å². The summed E-state index contributed by atoms with van der Waals surface area (Å²) in [5.41, 5.74) is 7.57. The molecule has 5 nitrogen and oxygen atoms in total. The average Bonchev–Trinajstić information content (AvgIpc) is 2.46. The first-order valence-electron chi connectivity index (χ1n) is 7.36. The number of pyridine rings is 1. The highest BCUT2D eigenvalue weighted by Crippen LogP contribution is 2.33. The van der Waals surface area contributed by atoms with Crippen molar-refractivity contribution in [3.8, 4) is 0 Å². The third-order valence-electron chi connectivity index (χ3n) is 4.41. The Kier molecular flexibility index (Phi) is 3.61. The van der Waals surface area contributed by atoms with Crippen LogP contribution in [0.4, 0.5) is 5.82 Å². The number of fused-ring (bicyclic) bond motifs is 1. The van der Waals surface area contributed by atoms with E-state index in [2.05, 4.69) is 9.88 Å². The van der Waals surface area contributed by atoms with Gasteiger partial charge in [0.15, 0.2) is 0 Å². The lowest BCUT2D eigenvalue weighted by molar-refractivity contribution is -0.00900. The minimum absolute atomic E-state index is 0.101. The van der Waals surface area contributed by atoms with Gasteiger partial charge >= 0.3 is 0 Å². The molecule has 2 heterocycles. The number of nitrogens with two attached hydrogens (primary N) is 1. The van der Waals surface area contributed by atoms with E-state index in [-0.39, 0.29) is 5.84 Å². The largest absolute Gasteiger partial charge is 0.384 e. The second-order valence-corrected chi connectivity index (χ2v) is 5.69. The van der Waals surface area contributed by atoms with Crippen LogP contribution < -0.4 is 10.6 Å². The van der Waals surface area contributed by atoms with Crippen molar-refractivity contribution >= 4 is 11.7 Å². The van der Waals surface area contributed by atoms with Crippen molar-refractivity contribution in [2.24, 2.45) is 5.73 Å². The number of aryl methyl sites for hydroxylation is 1. The number of ether oxygens (including phenoxy) is 1. The zero-order valence-corrected chi connectivity index (χ0v) is 11.9. The van der Waals surface area contributed by atoms with E-state index in [1.54, 1.807) is 0 Å². The van der Waals surface area contributed by atoms with Gasteiger partial charge in [0.25, 0.3) is 0 Å². The van der Waals surface area contributed by atoms with Gasteiger partial charge in [-0.1, -0.05) is 12.8 Å². The van der Waals surface area contributed by atoms with E-state index >= 15 is 0 Å². The molecule has 20 heavy (non-hydrogen) atoms. The monoisotopic (exact) mass is 274 g/mol. The maximum atomic E-state index is 7.85. The lowest BCUT2D eigenvalue weighted by atomic mass is 9.89. The summed E-state index contributed by atoms with van der Waals surface area (Å²) in [6.07, 6.45) is 6.86. The Morgan fingerprint density at radius 3 is 3.05 bits per heavy atom. The average molecular weight is 274 g/mol. The van der Waals surface area contributed by atoms with Gasteiger partial charge in [-0.3, -0.25) is 5.41 Å². The van der Waals surface area contributed by atoms with Gasteiger partial charge < -0.3 is 15.4 Å². The van der Waals surface area contributed by atoms with Crippen LogP contribution in [0.3, 0.4) is 0 Å². The van der Waals surface area contributed by atoms with Crippen molar-refractivity contribution < 1.29 is 4.74 Å². The molecule has 1 aromatic rings. The Hall–Kier alpha value is -1.62. The lowest BCUT2D eigenvalue weighted by Gasteiger charge is -2.45. The summed E-state index contributed by atoms with van der Waals surface area (Å²) in [6.45, 7) is 3.55. The van der Waals surface area contributed by atoms with Crippen LogP contribution >= 0.6 is 0 Å². The van der Waals surface area contributed by atoms with Gasteiger partial charge in [0.1, 0.15) is 11.7 Å². The molecule has 3 N–H and O–H groups in total. The predicted molar refractivity (Wildman–Crippen MR) is 79.3 cm³/mol. The molecule has 1 aliphatic carbocycles. The second-order valence-electron chi connectivity index (χ2n) is 5.69. The zero-order chi connectivity index (χ0) is 14.1. The molecule has 0 aromatic carbocycles. The summed E-state index contributed by atoms with van der Waals surface area (Å²) < 4.78 is 5.91. The number of morpholine rings is 1. The minimum Gasteiger partial charge on any atom is -0.384 e. The molecular formula is C15H22N4O. The molecule has 0 radical (unpaired) electrons. The molecular weight excluding hydrogens is 252 g/mol. The lowest BCUT2D eigenvalue weighted by Crippen LogP contribution is -2.53. The highest BCUT2D eigenvalue weighted by atomic mass is 16.5. The topological polar surface area (TPSA) is 75.2 Å². The molecule has 0 spiro atoms. The van der Waals surface area contributed by atoms with Crippen molar-refractivity contribution in [3.05, 3.63) is 23.4 Å². The first-order chi connectivity index (χ1) is 9.68. The van der Waals surface area contributed by atoms with E-state index in [1.807, 2.05) is 19.2 Å². The summed E-state index contributed by atoms with van der Waals surface area (Å²) in [5.74, 6) is 0.960. The van der Waals surface area contributed by atoms with Gasteiger partial charge in [0, 0.05) is 12.7 Å². The summed E-state index contributed by atoms with van der Waals surface area (Å²) in [7, 11) is 0. The van der Waals surface area contributed by atoms with Gasteiger partial charge in [-0.05, 0) is 31.4 Å². The number of anilines is 1. The number of nitrogens with one attached hydrogen (secondary N) is 1. The third kappa shape index (κ3) is 2.26. The van der Waals surface area contributed by atoms with Crippen LogP contribution in [0.2, 0.25) is 0 Å². The number of hydrogen-bond donors (Lipinski definition) is 2. The Morgan fingerprint density at radius 2 is 2.25 bits per heavy atom. The van der Waals surface area contributed by atoms with Crippen molar-refractivity contribution in [2.45, 2.75) is 44.8 Å². The van der Waals surface area contributed by atoms with Gasteiger partial charge in [-0.2, -0.15) is 0 Å². The Labute approximate surface area is 119 Å². The number of hydrogen-bond acceptors (Lipinski definition) is 4. The quantitative estimate of drug-likeness (QED) is 0.637. The summed E-state index contributed by atoms with van der Waals surface area (Å²) >= 11 is 0. The molecule has 1 saturated carbocycles. The minimum atomic E-state index is 0.101. The van der Waals surface area contributed by atoms with Crippen LogP contribution in [0.1, 0.15) is 36.8 Å². The first kappa shape index (κ1) is 13.4. The Balaban J connectivity index is 1.99. The van der Waals surface area contributed by atoms with Crippen molar-refractivity contribution in [1.82, 2.24) is 4.98 Å². The molecule has 108 valence electrons. The van der Waals surface area contributed by atoms with E-state index in [0.717, 1.165) is 42.9 Å². The normalized spacial score (nSPS) is 26.1. The van der Waals surface area contributed by atoms with Crippen LogP contribution in [0.15, 0.2) is 12.3 Å². The number of nitrogen functional groups attached to an aromatic ring is 1. The van der Waals surface area contributed by atoms with E-state index in [0.29, 0.717) is 12.1 Å². The molecule has 2 aliphatic rings. The van der Waals surface area contributed by atoms with Gasteiger partial charge in [0.2, 0.25) is 0 Å². The number of nitrogens with zero attached hydrogens (tertiary/aromatic N) is 2. The van der Waals surface area contributed by atoms with E-state index in [4.69, 9.17) is 15.9 Å². The highest BCUT2D eigenvalue weighted by molar-refractivity contribution is 6.01. The van der Waals surface area contributed by atoms with E-state index in [9.17, 15) is 0 Å². The summed E-state index contributed by atoms with van der Waals surface area (Å²) in [4.78, 5) is 6.84. The fourth-order valence-corrected chi connectivity index (χ4v) is 3.45. The fraction of sp³-hybridized carbons (Fsp3) is 0.600. The molecule has 3 rings (SSSR count). The standard InChI is InChI=1S/C15H22N4O/c1-10-6-7-18-15(13(10)14(16)17)19-8-9-20-12-5-3-2-4-11(12)19/h6-7,11-12H,2-5,8-9H2,1H3,(H3,16,17). The Morgan fingerprint density at radius 1 is 1.45 bits per heavy atom. The summed E-state index contributed by atoms with van der Waals surface area (Å²) in [5, 5.41) is 7.85. The maximum absolute atomic E-state index is 7.85. The van der Waals surface area contributed by atoms with Gasteiger partial charge in [-0.15, -0.1) is 0 Å². The molecule has 1 aliphatic heterocycles. The van der Waals surface area contributed by atoms with Crippen molar-refractivity contribution in [2.75, 3.05) is 18.1 Å².